The highest BCUT2D eigenvalue weighted by atomic mass is 19.1. The average Bonchev–Trinajstić information content (AvgIpc) is 2.46. The first-order valence-electron chi connectivity index (χ1n) is 7.06. The van der Waals surface area contributed by atoms with Crippen LogP contribution >= 0.6 is 0 Å². The fourth-order valence-corrected chi connectivity index (χ4v) is 1.77. The van der Waals surface area contributed by atoms with E-state index in [-0.39, 0.29) is 5.82 Å². The van der Waals surface area contributed by atoms with Crippen molar-refractivity contribution in [1.82, 2.24) is 15.2 Å². The van der Waals surface area contributed by atoms with E-state index in [1.54, 1.807) is 24.4 Å². The van der Waals surface area contributed by atoms with Crippen LogP contribution in [0.2, 0.25) is 0 Å². The molecule has 1 aromatic heterocycles. The van der Waals surface area contributed by atoms with E-state index >= 15 is 0 Å². The molecule has 0 amide bonds. The van der Waals surface area contributed by atoms with Gasteiger partial charge in [-0.2, -0.15) is 10.1 Å². The third kappa shape index (κ3) is 4.98. The highest BCUT2D eigenvalue weighted by molar-refractivity contribution is 5.37. The zero-order valence-corrected chi connectivity index (χ0v) is 12.3. The summed E-state index contributed by atoms with van der Waals surface area (Å²) in [5, 5.41) is 14.0. The second kappa shape index (κ2) is 7.52. The quantitative estimate of drug-likeness (QED) is 0.820. The van der Waals surface area contributed by atoms with E-state index in [0.29, 0.717) is 29.8 Å². The second-order valence-electron chi connectivity index (χ2n) is 5.22. The molecule has 2 aromatic rings. The van der Waals surface area contributed by atoms with Gasteiger partial charge in [0, 0.05) is 18.7 Å². The molecule has 6 heteroatoms. The van der Waals surface area contributed by atoms with Crippen molar-refractivity contribution >= 4 is 11.8 Å². The first kappa shape index (κ1) is 15.2. The molecule has 0 unspecified atom stereocenters. The minimum atomic E-state index is -0.246. The van der Waals surface area contributed by atoms with E-state index in [0.717, 1.165) is 13.0 Å². The van der Waals surface area contributed by atoms with Crippen LogP contribution in [0.1, 0.15) is 25.8 Å². The molecule has 0 aliphatic heterocycles. The van der Waals surface area contributed by atoms with Gasteiger partial charge in [-0.15, -0.1) is 5.10 Å². The molecule has 5 nitrogen and oxygen atoms in total. The van der Waals surface area contributed by atoms with E-state index in [4.69, 9.17) is 0 Å². The molecule has 0 radical (unpaired) electrons. The van der Waals surface area contributed by atoms with Crippen molar-refractivity contribution in [2.45, 2.75) is 26.8 Å². The number of aromatic nitrogens is 3. The first-order valence-corrected chi connectivity index (χ1v) is 7.06. The summed E-state index contributed by atoms with van der Waals surface area (Å²) in [5.41, 5.74) is 0.569. The number of nitrogens with one attached hydrogen (secondary N) is 2. The molecule has 0 bridgehead atoms. The zero-order chi connectivity index (χ0) is 15.1. The van der Waals surface area contributed by atoms with Gasteiger partial charge in [-0.05, 0) is 18.4 Å². The van der Waals surface area contributed by atoms with E-state index in [1.165, 1.54) is 6.07 Å². The highest BCUT2D eigenvalue weighted by Crippen LogP contribution is 2.10. The van der Waals surface area contributed by atoms with E-state index in [9.17, 15) is 4.39 Å². The number of benzene rings is 1. The molecule has 112 valence electrons. The largest absolute Gasteiger partial charge is 0.369 e. The van der Waals surface area contributed by atoms with Crippen molar-refractivity contribution in [1.29, 1.82) is 0 Å². The van der Waals surface area contributed by atoms with E-state index < -0.39 is 0 Å². The molecule has 2 N–H and O–H groups in total. The summed E-state index contributed by atoms with van der Waals surface area (Å²) in [6.45, 7) is 5.50. The zero-order valence-electron chi connectivity index (χ0n) is 12.3. The maximum absolute atomic E-state index is 13.5. The van der Waals surface area contributed by atoms with Crippen molar-refractivity contribution in [3.8, 4) is 0 Å². The van der Waals surface area contributed by atoms with Crippen LogP contribution < -0.4 is 10.6 Å². The Morgan fingerprint density at radius 1 is 1.19 bits per heavy atom. The monoisotopic (exact) mass is 289 g/mol. The smallest absolute Gasteiger partial charge is 0.244 e. The predicted octanol–water partition coefficient (Wildman–Crippen LogP) is 3.08. The standard InChI is InChI=1S/C15H20FN5/c1-11(2)7-8-17-14-10-19-21-15(20-14)18-9-12-5-3-4-6-13(12)16/h3-6,10-11H,7-9H2,1-2H3,(H2,17,18,20,21). The van der Waals surface area contributed by atoms with Crippen LogP contribution in [-0.2, 0) is 6.54 Å². The fraction of sp³-hybridized carbons (Fsp3) is 0.400. The van der Waals surface area contributed by atoms with Crippen LogP contribution in [0.4, 0.5) is 16.2 Å². The second-order valence-corrected chi connectivity index (χ2v) is 5.22. The third-order valence-electron chi connectivity index (χ3n) is 2.98. The summed E-state index contributed by atoms with van der Waals surface area (Å²) in [7, 11) is 0. The Hall–Kier alpha value is -2.24. The highest BCUT2D eigenvalue weighted by Gasteiger charge is 2.03. The van der Waals surface area contributed by atoms with Gasteiger partial charge >= 0.3 is 0 Å². The van der Waals surface area contributed by atoms with E-state index in [1.807, 2.05) is 0 Å². The van der Waals surface area contributed by atoms with Gasteiger partial charge in [0.2, 0.25) is 5.95 Å². The number of nitrogens with zero attached hydrogens (tertiary/aromatic N) is 3. The van der Waals surface area contributed by atoms with Crippen LogP contribution in [-0.4, -0.2) is 21.7 Å². The summed E-state index contributed by atoms with van der Waals surface area (Å²) in [4.78, 5) is 4.30. The molecule has 2 rings (SSSR count). The predicted molar refractivity (Wildman–Crippen MR) is 81.5 cm³/mol. The lowest BCUT2D eigenvalue weighted by atomic mass is 10.1. The van der Waals surface area contributed by atoms with Gasteiger partial charge in [-0.3, -0.25) is 0 Å². The molecule has 0 fully saturated rings. The molecule has 0 atom stereocenters. The number of hydrogen-bond acceptors (Lipinski definition) is 5. The molecule has 21 heavy (non-hydrogen) atoms. The summed E-state index contributed by atoms with van der Waals surface area (Å²) < 4.78 is 13.5. The van der Waals surface area contributed by atoms with Gasteiger partial charge in [-0.25, -0.2) is 4.39 Å². The summed E-state index contributed by atoms with van der Waals surface area (Å²) in [5.74, 6) is 1.43. The molecular weight excluding hydrogens is 269 g/mol. The Balaban J connectivity index is 1.90. The lowest BCUT2D eigenvalue weighted by Crippen LogP contribution is -2.10. The Morgan fingerprint density at radius 2 is 2.00 bits per heavy atom. The molecule has 0 saturated carbocycles. The summed E-state index contributed by atoms with van der Waals surface area (Å²) >= 11 is 0. The van der Waals surface area contributed by atoms with Crippen molar-refractivity contribution in [3.63, 3.8) is 0 Å². The fourth-order valence-electron chi connectivity index (χ4n) is 1.77. The van der Waals surface area contributed by atoms with E-state index in [2.05, 4.69) is 39.7 Å². The maximum Gasteiger partial charge on any atom is 0.244 e. The third-order valence-corrected chi connectivity index (χ3v) is 2.98. The maximum atomic E-state index is 13.5. The lowest BCUT2D eigenvalue weighted by Gasteiger charge is -2.09. The number of anilines is 2. The van der Waals surface area contributed by atoms with Crippen LogP contribution in [0.25, 0.3) is 0 Å². The number of halogens is 1. The molecule has 0 saturated heterocycles. The normalized spacial score (nSPS) is 10.7. The SMILES string of the molecule is CC(C)CCNc1cnnc(NCc2ccccc2F)n1. The van der Waals surface area contributed by atoms with Crippen molar-refractivity contribution in [3.05, 3.63) is 41.8 Å². The van der Waals surface area contributed by atoms with Gasteiger partial charge in [0.25, 0.3) is 0 Å². The molecule has 0 aliphatic carbocycles. The van der Waals surface area contributed by atoms with Gasteiger partial charge < -0.3 is 10.6 Å². The van der Waals surface area contributed by atoms with Gasteiger partial charge in [0.1, 0.15) is 11.6 Å². The molecule has 0 spiro atoms. The topological polar surface area (TPSA) is 62.7 Å². The van der Waals surface area contributed by atoms with Gasteiger partial charge in [0.15, 0.2) is 0 Å². The van der Waals surface area contributed by atoms with Crippen molar-refractivity contribution in [2.24, 2.45) is 5.92 Å². The van der Waals surface area contributed by atoms with Crippen LogP contribution in [0, 0.1) is 11.7 Å². The Labute approximate surface area is 124 Å². The summed E-state index contributed by atoms with van der Waals surface area (Å²) in [6, 6.07) is 6.61. The van der Waals surface area contributed by atoms with Crippen LogP contribution in [0.15, 0.2) is 30.5 Å². The Bertz CT molecular complexity index is 573. The van der Waals surface area contributed by atoms with Crippen molar-refractivity contribution in [2.75, 3.05) is 17.2 Å². The number of rotatable bonds is 7. The number of hydrogen-bond donors (Lipinski definition) is 2. The minimum absolute atomic E-state index is 0.246. The average molecular weight is 289 g/mol. The first-order chi connectivity index (χ1) is 10.1. The molecular formula is C15H20FN5. The van der Waals surface area contributed by atoms with Crippen LogP contribution in [0.3, 0.4) is 0 Å². The molecule has 1 aromatic carbocycles. The Kier molecular flexibility index (Phi) is 5.43. The van der Waals surface area contributed by atoms with Gasteiger partial charge in [0.05, 0.1) is 6.20 Å². The molecule has 1 heterocycles. The lowest BCUT2D eigenvalue weighted by molar-refractivity contribution is 0.606. The van der Waals surface area contributed by atoms with Crippen LogP contribution in [0.5, 0.6) is 0 Å². The minimum Gasteiger partial charge on any atom is -0.369 e. The Morgan fingerprint density at radius 3 is 2.76 bits per heavy atom. The van der Waals surface area contributed by atoms with Crippen molar-refractivity contribution < 1.29 is 4.39 Å². The molecule has 0 aliphatic rings. The summed E-state index contributed by atoms with van der Waals surface area (Å²) in [6.07, 6.45) is 2.64. The van der Waals surface area contributed by atoms with Gasteiger partial charge in [-0.1, -0.05) is 32.0 Å².